The van der Waals surface area contributed by atoms with Crippen molar-refractivity contribution in [1.82, 2.24) is 9.46 Å². The van der Waals surface area contributed by atoms with Gasteiger partial charge in [-0.25, -0.2) is 4.99 Å². The van der Waals surface area contributed by atoms with E-state index in [0.717, 1.165) is 0 Å². The van der Waals surface area contributed by atoms with Crippen molar-refractivity contribution >= 4 is 11.5 Å². The Bertz CT molecular complexity index is 470. The first-order valence-electron chi connectivity index (χ1n) is 3.87. The summed E-state index contributed by atoms with van der Waals surface area (Å²) in [4.78, 5) is 3.74. The second kappa shape index (κ2) is 3.32. The number of hydrogen-bond acceptors (Lipinski definition) is 6. The second-order valence-corrected chi connectivity index (χ2v) is 2.55. The average molecular weight is 200 g/mol. The third-order valence-electron chi connectivity index (χ3n) is 1.65. The van der Waals surface area contributed by atoms with Gasteiger partial charge in [0.2, 0.25) is 0 Å². The minimum atomic E-state index is -0.417. The number of rotatable bonds is 1. The SMILES string of the molecule is CCN=c1n(O)c(N)c(N)c(=N)n1O. The van der Waals surface area contributed by atoms with E-state index in [0.29, 0.717) is 16.0 Å². The third-order valence-corrected chi connectivity index (χ3v) is 1.65. The predicted octanol–water partition coefficient (Wildman–Crippen LogP) is -1.67. The lowest BCUT2D eigenvalue weighted by Crippen LogP contribution is -2.41. The van der Waals surface area contributed by atoms with Crippen LogP contribution in [-0.2, 0) is 0 Å². The quantitative estimate of drug-likeness (QED) is 0.346. The molecule has 0 aliphatic rings. The third kappa shape index (κ3) is 1.26. The Morgan fingerprint density at radius 2 is 1.93 bits per heavy atom. The van der Waals surface area contributed by atoms with E-state index < -0.39 is 5.49 Å². The van der Waals surface area contributed by atoms with E-state index in [-0.39, 0.29) is 17.1 Å². The molecule has 8 nitrogen and oxygen atoms in total. The highest BCUT2D eigenvalue weighted by Crippen LogP contribution is 2.01. The van der Waals surface area contributed by atoms with Gasteiger partial charge in [-0.2, -0.15) is 0 Å². The van der Waals surface area contributed by atoms with Gasteiger partial charge in [-0.05, 0) is 6.92 Å². The van der Waals surface area contributed by atoms with Crippen LogP contribution >= 0.6 is 0 Å². The Morgan fingerprint density at radius 3 is 2.43 bits per heavy atom. The summed E-state index contributed by atoms with van der Waals surface area (Å²) in [5, 5.41) is 26.0. The standard InChI is InChI=1S/C6H12N6O2/c1-2-10-6-11(13)4(8)3(7)5(9)12(6)14/h8,13-14H,2,7,9H2,1H3. The summed E-state index contributed by atoms with van der Waals surface area (Å²) in [6, 6.07) is 0. The largest absolute Gasteiger partial charge is 0.423 e. The highest BCUT2D eigenvalue weighted by molar-refractivity contribution is 5.55. The van der Waals surface area contributed by atoms with Crippen molar-refractivity contribution in [2.75, 3.05) is 18.0 Å². The number of aromatic nitrogens is 2. The van der Waals surface area contributed by atoms with Gasteiger partial charge in [0.05, 0.1) is 0 Å². The zero-order valence-electron chi connectivity index (χ0n) is 7.60. The van der Waals surface area contributed by atoms with Crippen LogP contribution in [-0.4, -0.2) is 26.4 Å². The van der Waals surface area contributed by atoms with E-state index in [4.69, 9.17) is 16.9 Å². The summed E-state index contributed by atoms with van der Waals surface area (Å²) >= 11 is 0. The molecular weight excluding hydrogens is 188 g/mol. The van der Waals surface area contributed by atoms with Crippen molar-refractivity contribution in [3.8, 4) is 0 Å². The number of nitrogen functional groups attached to an aromatic ring is 2. The molecule has 78 valence electrons. The van der Waals surface area contributed by atoms with Gasteiger partial charge in [-0.1, -0.05) is 0 Å². The molecule has 0 bridgehead atoms. The lowest BCUT2D eigenvalue weighted by Gasteiger charge is -2.08. The van der Waals surface area contributed by atoms with Crippen molar-refractivity contribution in [2.45, 2.75) is 6.92 Å². The fourth-order valence-corrected chi connectivity index (χ4v) is 0.922. The molecule has 0 saturated carbocycles. The number of nitrogens with zero attached hydrogens (tertiary/aromatic N) is 3. The van der Waals surface area contributed by atoms with Gasteiger partial charge in [-0.15, -0.1) is 9.46 Å². The second-order valence-electron chi connectivity index (χ2n) is 2.55. The lowest BCUT2D eigenvalue weighted by atomic mass is 10.5. The van der Waals surface area contributed by atoms with E-state index >= 15 is 0 Å². The molecule has 0 atom stereocenters. The Morgan fingerprint density at radius 1 is 1.36 bits per heavy atom. The summed E-state index contributed by atoms with van der Waals surface area (Å²) in [5.74, 6) is -0.229. The van der Waals surface area contributed by atoms with Gasteiger partial charge < -0.3 is 21.9 Å². The first-order valence-corrected chi connectivity index (χ1v) is 3.87. The number of anilines is 2. The summed E-state index contributed by atoms with van der Waals surface area (Å²) in [7, 11) is 0. The van der Waals surface area contributed by atoms with Crippen molar-refractivity contribution in [1.29, 1.82) is 5.41 Å². The summed E-state index contributed by atoms with van der Waals surface area (Å²) in [6.45, 7) is 2.03. The first-order chi connectivity index (χ1) is 6.50. The first kappa shape index (κ1) is 9.96. The Labute approximate surface area is 78.8 Å². The molecule has 0 unspecified atom stereocenters. The van der Waals surface area contributed by atoms with Crippen LogP contribution in [0.4, 0.5) is 11.5 Å². The van der Waals surface area contributed by atoms with Gasteiger partial charge in [0.15, 0.2) is 11.3 Å². The van der Waals surface area contributed by atoms with E-state index in [1.807, 2.05) is 0 Å². The lowest BCUT2D eigenvalue weighted by molar-refractivity contribution is 0.0987. The Hall–Kier alpha value is -2.12. The minimum absolute atomic E-state index is 0.218. The van der Waals surface area contributed by atoms with Crippen molar-refractivity contribution < 1.29 is 10.4 Å². The Kier molecular flexibility index (Phi) is 2.36. The van der Waals surface area contributed by atoms with Crippen molar-refractivity contribution in [3.05, 3.63) is 11.1 Å². The van der Waals surface area contributed by atoms with Crippen LogP contribution in [0.5, 0.6) is 0 Å². The number of hydrogen-bond donors (Lipinski definition) is 5. The molecule has 1 aromatic heterocycles. The molecule has 14 heavy (non-hydrogen) atoms. The van der Waals surface area contributed by atoms with E-state index in [2.05, 4.69) is 4.99 Å². The zero-order valence-corrected chi connectivity index (χ0v) is 7.60. The highest BCUT2D eigenvalue weighted by Gasteiger charge is 2.09. The van der Waals surface area contributed by atoms with Gasteiger partial charge in [0.25, 0.3) is 5.62 Å². The molecule has 0 saturated heterocycles. The van der Waals surface area contributed by atoms with Crippen molar-refractivity contribution in [2.24, 2.45) is 4.99 Å². The minimum Gasteiger partial charge on any atom is -0.423 e. The summed E-state index contributed by atoms with van der Waals surface area (Å²) in [5.41, 5.74) is 9.82. The molecule has 0 aliphatic carbocycles. The normalized spacial score (nSPS) is 11.9. The van der Waals surface area contributed by atoms with Crippen LogP contribution in [0.15, 0.2) is 4.99 Å². The van der Waals surface area contributed by atoms with Gasteiger partial charge >= 0.3 is 0 Å². The summed E-state index contributed by atoms with van der Waals surface area (Å²) < 4.78 is 0.784. The molecule has 0 radical (unpaired) electrons. The fourth-order valence-electron chi connectivity index (χ4n) is 0.922. The van der Waals surface area contributed by atoms with Crippen LogP contribution in [0.1, 0.15) is 6.92 Å². The monoisotopic (exact) mass is 200 g/mol. The van der Waals surface area contributed by atoms with E-state index in [1.54, 1.807) is 6.92 Å². The van der Waals surface area contributed by atoms with Crippen LogP contribution in [0.2, 0.25) is 0 Å². The van der Waals surface area contributed by atoms with Gasteiger partial charge in [0.1, 0.15) is 5.69 Å². The fraction of sp³-hybridized carbons (Fsp3) is 0.333. The molecule has 0 aliphatic heterocycles. The summed E-state index contributed by atoms with van der Waals surface area (Å²) in [6.07, 6.45) is 0. The van der Waals surface area contributed by atoms with Crippen molar-refractivity contribution in [3.63, 3.8) is 0 Å². The molecular formula is C6H12N6O2. The zero-order chi connectivity index (χ0) is 10.9. The van der Waals surface area contributed by atoms with E-state index in [1.165, 1.54) is 0 Å². The van der Waals surface area contributed by atoms with Crippen LogP contribution < -0.4 is 22.6 Å². The highest BCUT2D eigenvalue weighted by atomic mass is 16.5. The number of nitrogens with two attached hydrogens (primary N) is 2. The van der Waals surface area contributed by atoms with Gasteiger partial charge in [0, 0.05) is 6.54 Å². The molecule has 0 amide bonds. The van der Waals surface area contributed by atoms with Gasteiger partial charge in [-0.3, -0.25) is 5.41 Å². The Balaban J connectivity index is 3.79. The molecule has 1 aromatic rings. The maximum atomic E-state index is 9.37. The molecule has 1 rings (SSSR count). The smallest absolute Gasteiger partial charge is 0.276 e. The average Bonchev–Trinajstić information content (AvgIpc) is 2.19. The number of nitrogens with one attached hydrogen (secondary N) is 1. The maximum Gasteiger partial charge on any atom is 0.276 e. The molecule has 0 fully saturated rings. The van der Waals surface area contributed by atoms with Crippen LogP contribution in [0, 0.1) is 5.41 Å². The van der Waals surface area contributed by atoms with Crippen LogP contribution in [0.25, 0.3) is 0 Å². The molecule has 8 heteroatoms. The molecule has 1 heterocycles. The van der Waals surface area contributed by atoms with E-state index in [9.17, 15) is 10.4 Å². The van der Waals surface area contributed by atoms with Crippen LogP contribution in [0.3, 0.4) is 0 Å². The molecule has 7 N–H and O–H groups in total. The molecule has 0 spiro atoms. The predicted molar refractivity (Wildman–Crippen MR) is 47.6 cm³/mol. The molecule has 0 aromatic carbocycles. The maximum absolute atomic E-state index is 9.37. The topological polar surface area (TPSA) is 139 Å².